The fourth-order valence-corrected chi connectivity index (χ4v) is 6.11. The number of rotatable bonds is 4. The first-order valence-corrected chi connectivity index (χ1v) is 13.0. The Bertz CT molecular complexity index is 1040. The molecule has 0 N–H and O–H groups in total. The fraction of sp³-hybridized carbons (Fsp3) is 0.536. The molecule has 6 rings (SSSR count). The SMILES string of the molecule is O=C(Cc1ccc2c(c1)OCO2)N1CCN(c2ccc3c(c2)CCN(C2CCCC2)CC3)CC1. The molecule has 4 aliphatic rings. The number of piperazine rings is 1. The van der Waals surface area contributed by atoms with Crippen LogP contribution in [0.5, 0.6) is 11.5 Å². The number of nitrogens with zero attached hydrogens (tertiary/aromatic N) is 3. The van der Waals surface area contributed by atoms with Crippen LogP contribution in [0.3, 0.4) is 0 Å². The summed E-state index contributed by atoms with van der Waals surface area (Å²) in [6.45, 7) is 5.99. The van der Waals surface area contributed by atoms with E-state index in [1.807, 2.05) is 23.1 Å². The van der Waals surface area contributed by atoms with E-state index in [2.05, 4.69) is 28.0 Å². The number of carbonyl (C=O) groups excluding carboxylic acids is 1. The Kier molecular flexibility index (Phi) is 6.08. The Morgan fingerprint density at radius 2 is 1.59 bits per heavy atom. The lowest BCUT2D eigenvalue weighted by atomic mass is 10.0. The first-order chi connectivity index (χ1) is 16.7. The molecule has 0 aromatic heterocycles. The second-order valence-corrected chi connectivity index (χ2v) is 10.2. The van der Waals surface area contributed by atoms with Gasteiger partial charge in [0, 0.05) is 51.0 Å². The third-order valence-corrected chi connectivity index (χ3v) is 8.16. The average Bonchev–Trinajstić information content (AvgIpc) is 3.53. The van der Waals surface area contributed by atoms with E-state index in [0.717, 1.165) is 55.7 Å². The number of fused-ring (bicyclic) bond motifs is 2. The largest absolute Gasteiger partial charge is 0.454 e. The molecular weight excluding hydrogens is 426 g/mol. The number of ether oxygens (including phenoxy) is 2. The molecule has 2 aromatic rings. The standard InChI is InChI=1S/C28H35N3O3/c32-28(18-21-5-8-26-27(17-21)34-20-33-26)31-15-13-30(14-16-31)25-7-6-22-9-11-29(12-10-23(22)19-25)24-3-1-2-4-24/h5-8,17,19,24H,1-4,9-16,18,20H2. The first-order valence-electron chi connectivity index (χ1n) is 13.0. The van der Waals surface area contributed by atoms with Gasteiger partial charge in [0.15, 0.2) is 11.5 Å². The van der Waals surface area contributed by atoms with Gasteiger partial charge in [-0.15, -0.1) is 0 Å². The molecule has 0 unspecified atom stereocenters. The molecule has 180 valence electrons. The maximum absolute atomic E-state index is 12.9. The molecule has 3 heterocycles. The number of hydrogen-bond donors (Lipinski definition) is 0. The van der Waals surface area contributed by atoms with E-state index in [-0.39, 0.29) is 12.7 Å². The van der Waals surface area contributed by atoms with E-state index in [1.54, 1.807) is 0 Å². The molecule has 0 atom stereocenters. The molecule has 1 saturated carbocycles. The second-order valence-electron chi connectivity index (χ2n) is 10.2. The lowest BCUT2D eigenvalue weighted by molar-refractivity contribution is -0.130. The molecule has 1 aliphatic carbocycles. The van der Waals surface area contributed by atoms with Crippen LogP contribution in [0.4, 0.5) is 5.69 Å². The van der Waals surface area contributed by atoms with E-state index < -0.39 is 0 Å². The van der Waals surface area contributed by atoms with Crippen LogP contribution in [0.15, 0.2) is 36.4 Å². The minimum atomic E-state index is 0.187. The van der Waals surface area contributed by atoms with Gasteiger partial charge in [0.2, 0.25) is 12.7 Å². The zero-order valence-electron chi connectivity index (χ0n) is 20.0. The zero-order chi connectivity index (χ0) is 22.9. The van der Waals surface area contributed by atoms with E-state index in [1.165, 1.54) is 62.0 Å². The maximum Gasteiger partial charge on any atom is 0.231 e. The number of carbonyl (C=O) groups is 1. The molecule has 0 radical (unpaired) electrons. The quantitative estimate of drug-likeness (QED) is 0.696. The Morgan fingerprint density at radius 1 is 0.824 bits per heavy atom. The molecule has 1 saturated heterocycles. The molecular formula is C28H35N3O3. The zero-order valence-corrected chi connectivity index (χ0v) is 20.0. The highest BCUT2D eigenvalue weighted by atomic mass is 16.7. The molecule has 6 heteroatoms. The lowest BCUT2D eigenvalue weighted by Gasteiger charge is -2.36. The minimum Gasteiger partial charge on any atom is -0.454 e. The molecule has 2 fully saturated rings. The van der Waals surface area contributed by atoms with Gasteiger partial charge in [-0.05, 0) is 66.6 Å². The van der Waals surface area contributed by atoms with Crippen LogP contribution < -0.4 is 14.4 Å². The van der Waals surface area contributed by atoms with E-state index >= 15 is 0 Å². The van der Waals surface area contributed by atoms with Crippen molar-refractivity contribution in [2.75, 3.05) is 51.0 Å². The van der Waals surface area contributed by atoms with Gasteiger partial charge in [-0.3, -0.25) is 9.69 Å². The van der Waals surface area contributed by atoms with Gasteiger partial charge in [0.25, 0.3) is 0 Å². The Balaban J connectivity index is 1.04. The maximum atomic E-state index is 12.9. The van der Waals surface area contributed by atoms with E-state index in [9.17, 15) is 4.79 Å². The van der Waals surface area contributed by atoms with Crippen LogP contribution in [0.25, 0.3) is 0 Å². The summed E-state index contributed by atoms with van der Waals surface area (Å²) >= 11 is 0. The molecule has 1 amide bonds. The van der Waals surface area contributed by atoms with Gasteiger partial charge >= 0.3 is 0 Å². The summed E-state index contributed by atoms with van der Waals surface area (Å²) in [5, 5.41) is 0. The smallest absolute Gasteiger partial charge is 0.231 e. The van der Waals surface area contributed by atoms with Crippen LogP contribution in [-0.2, 0) is 24.1 Å². The van der Waals surface area contributed by atoms with Crippen molar-refractivity contribution in [1.29, 1.82) is 0 Å². The van der Waals surface area contributed by atoms with Crippen LogP contribution in [0, 0.1) is 0 Å². The highest BCUT2D eigenvalue weighted by Gasteiger charge is 2.26. The van der Waals surface area contributed by atoms with Gasteiger partial charge in [-0.1, -0.05) is 25.0 Å². The molecule has 2 aromatic carbocycles. The van der Waals surface area contributed by atoms with Crippen molar-refractivity contribution in [3.8, 4) is 11.5 Å². The van der Waals surface area contributed by atoms with Gasteiger partial charge in [-0.2, -0.15) is 0 Å². The highest BCUT2D eigenvalue weighted by molar-refractivity contribution is 5.79. The second kappa shape index (κ2) is 9.49. The van der Waals surface area contributed by atoms with Crippen molar-refractivity contribution >= 4 is 11.6 Å². The summed E-state index contributed by atoms with van der Waals surface area (Å²) in [7, 11) is 0. The monoisotopic (exact) mass is 461 g/mol. The van der Waals surface area contributed by atoms with E-state index in [0.29, 0.717) is 6.42 Å². The van der Waals surface area contributed by atoms with Crippen molar-refractivity contribution in [3.05, 3.63) is 53.1 Å². The van der Waals surface area contributed by atoms with Crippen LogP contribution >= 0.6 is 0 Å². The van der Waals surface area contributed by atoms with Gasteiger partial charge in [-0.25, -0.2) is 0 Å². The van der Waals surface area contributed by atoms with Crippen molar-refractivity contribution in [3.63, 3.8) is 0 Å². The minimum absolute atomic E-state index is 0.187. The van der Waals surface area contributed by atoms with Crippen LogP contribution in [0.2, 0.25) is 0 Å². The highest BCUT2D eigenvalue weighted by Crippen LogP contribution is 2.33. The Hall–Kier alpha value is -2.73. The third-order valence-electron chi connectivity index (χ3n) is 8.16. The summed E-state index contributed by atoms with van der Waals surface area (Å²) in [5.41, 5.74) is 5.35. The fourth-order valence-electron chi connectivity index (χ4n) is 6.11. The number of benzene rings is 2. The summed E-state index contributed by atoms with van der Waals surface area (Å²) in [4.78, 5) is 20.1. The topological polar surface area (TPSA) is 45.3 Å². The normalized spacial score (nSPS) is 20.9. The lowest BCUT2D eigenvalue weighted by Crippen LogP contribution is -2.49. The Labute approximate surface area is 202 Å². The summed E-state index contributed by atoms with van der Waals surface area (Å²) in [5.74, 6) is 1.69. The van der Waals surface area contributed by atoms with Crippen LogP contribution in [-0.4, -0.2) is 67.8 Å². The van der Waals surface area contributed by atoms with Crippen LogP contribution in [0.1, 0.15) is 42.4 Å². The summed E-state index contributed by atoms with van der Waals surface area (Å²) in [6, 6.07) is 13.7. The first kappa shape index (κ1) is 21.8. The number of amides is 1. The van der Waals surface area contributed by atoms with Gasteiger partial charge < -0.3 is 19.3 Å². The van der Waals surface area contributed by atoms with Crippen molar-refractivity contribution in [2.45, 2.75) is 51.0 Å². The Morgan fingerprint density at radius 3 is 2.41 bits per heavy atom. The third kappa shape index (κ3) is 4.48. The van der Waals surface area contributed by atoms with Gasteiger partial charge in [0.05, 0.1) is 6.42 Å². The molecule has 6 nitrogen and oxygen atoms in total. The average molecular weight is 462 g/mol. The molecule has 3 aliphatic heterocycles. The molecule has 34 heavy (non-hydrogen) atoms. The summed E-state index contributed by atoms with van der Waals surface area (Å²) in [6.07, 6.45) is 8.33. The predicted molar refractivity (Wildman–Crippen MR) is 133 cm³/mol. The van der Waals surface area contributed by atoms with E-state index in [4.69, 9.17) is 9.47 Å². The van der Waals surface area contributed by atoms with Crippen molar-refractivity contribution in [1.82, 2.24) is 9.80 Å². The van der Waals surface area contributed by atoms with Gasteiger partial charge in [0.1, 0.15) is 0 Å². The predicted octanol–water partition coefficient (Wildman–Crippen LogP) is 3.65. The van der Waals surface area contributed by atoms with Crippen molar-refractivity contribution < 1.29 is 14.3 Å². The molecule has 0 bridgehead atoms. The number of anilines is 1. The van der Waals surface area contributed by atoms with Crippen molar-refractivity contribution in [2.24, 2.45) is 0 Å². The molecule has 0 spiro atoms. The number of hydrogen-bond acceptors (Lipinski definition) is 5. The summed E-state index contributed by atoms with van der Waals surface area (Å²) < 4.78 is 10.8.